The van der Waals surface area contributed by atoms with Crippen LogP contribution in [0.25, 0.3) is 0 Å². The SMILES string of the molecule is CC(=O)O[C@@H](C)/C=C\C(=O)N[C@H](C)[C@@H](C)OC1(C(C)C)C[C@H]1/C=C(C)/C=C/[C@@H]1C[C@]2(CO2)C[C@@H](CC(=O)NCc2ccc(N)c(C(F)(F)F)c2)O1. The number of nitrogens with one attached hydrogen (secondary N) is 2. The number of nitrogens with two attached hydrogens (primary N) is 1. The number of nitrogen functional groups attached to an aromatic ring is 1. The fourth-order valence-electron chi connectivity index (χ4n) is 6.63. The molecule has 51 heavy (non-hydrogen) atoms. The van der Waals surface area contributed by atoms with Crippen LogP contribution in [0, 0.1) is 11.8 Å². The van der Waals surface area contributed by atoms with E-state index in [0.29, 0.717) is 25.0 Å². The Balaban J connectivity index is 1.29. The van der Waals surface area contributed by atoms with Gasteiger partial charge >= 0.3 is 12.1 Å². The van der Waals surface area contributed by atoms with Gasteiger partial charge in [-0.25, -0.2) is 0 Å². The Morgan fingerprint density at radius 2 is 1.78 bits per heavy atom. The highest BCUT2D eigenvalue weighted by atomic mass is 19.4. The highest BCUT2D eigenvalue weighted by molar-refractivity contribution is 5.87. The van der Waals surface area contributed by atoms with Gasteiger partial charge in [0, 0.05) is 44.0 Å². The van der Waals surface area contributed by atoms with Crippen molar-refractivity contribution in [1.29, 1.82) is 0 Å². The van der Waals surface area contributed by atoms with Gasteiger partial charge in [0.1, 0.15) is 6.10 Å². The molecule has 1 unspecified atom stereocenters. The second-order valence-corrected chi connectivity index (χ2v) is 14.6. The molecule has 2 heterocycles. The van der Waals surface area contributed by atoms with Gasteiger partial charge in [0.25, 0.3) is 0 Å². The maximum atomic E-state index is 13.2. The molecule has 0 radical (unpaired) electrons. The van der Waals surface area contributed by atoms with Gasteiger partial charge in [0.15, 0.2) is 0 Å². The number of epoxide rings is 1. The summed E-state index contributed by atoms with van der Waals surface area (Å²) in [6.07, 6.45) is 5.22. The summed E-state index contributed by atoms with van der Waals surface area (Å²) < 4.78 is 63.4. The summed E-state index contributed by atoms with van der Waals surface area (Å²) in [5.74, 6) is -0.615. The van der Waals surface area contributed by atoms with E-state index in [2.05, 4.69) is 30.6 Å². The Morgan fingerprint density at radius 3 is 2.41 bits per heavy atom. The fourth-order valence-corrected chi connectivity index (χ4v) is 6.63. The van der Waals surface area contributed by atoms with Gasteiger partial charge in [-0.05, 0) is 63.8 Å². The first-order valence-electron chi connectivity index (χ1n) is 17.5. The molecule has 2 saturated heterocycles. The molecule has 0 bridgehead atoms. The number of carbonyl (C=O) groups excluding carboxylic acids is 3. The largest absolute Gasteiger partial charge is 0.459 e. The van der Waals surface area contributed by atoms with E-state index < -0.39 is 29.9 Å². The highest BCUT2D eigenvalue weighted by Crippen LogP contribution is 2.54. The number of alkyl halides is 3. The summed E-state index contributed by atoms with van der Waals surface area (Å²) in [7, 11) is 0. The molecular formula is C38H52F3N3O7. The quantitative estimate of drug-likeness (QED) is 0.0665. The first-order chi connectivity index (χ1) is 23.8. The van der Waals surface area contributed by atoms with Crippen LogP contribution < -0.4 is 16.4 Å². The minimum absolute atomic E-state index is 0.0580. The molecule has 3 aliphatic rings. The summed E-state index contributed by atoms with van der Waals surface area (Å²) in [5.41, 5.74) is 4.85. The minimum Gasteiger partial charge on any atom is -0.459 e. The molecule has 2 amide bonds. The molecule has 1 aromatic rings. The molecule has 4 rings (SSSR count). The number of anilines is 1. The topological polar surface area (TPSA) is 142 Å². The number of esters is 1. The van der Waals surface area contributed by atoms with Crippen molar-refractivity contribution in [2.24, 2.45) is 11.8 Å². The lowest BCUT2D eigenvalue weighted by Crippen LogP contribution is -2.43. The van der Waals surface area contributed by atoms with Crippen molar-refractivity contribution in [3.63, 3.8) is 0 Å². The van der Waals surface area contributed by atoms with Crippen LogP contribution in [0.15, 0.2) is 54.2 Å². The number of halogens is 3. The van der Waals surface area contributed by atoms with E-state index in [-0.39, 0.29) is 71.8 Å². The van der Waals surface area contributed by atoms with E-state index in [4.69, 9.17) is 24.7 Å². The smallest absolute Gasteiger partial charge is 0.418 e. The van der Waals surface area contributed by atoms with Crippen molar-refractivity contribution < 1.29 is 46.5 Å². The molecule has 8 atom stereocenters. The lowest BCUT2D eigenvalue weighted by Gasteiger charge is -2.32. The number of benzene rings is 1. The standard InChI is InChI=1S/C38H52F3N3O7/c1-22(2)37(51-26(6)25(5)44-34(46)13-9-24(4)49-27(7)45)17-29(37)14-23(3)8-11-30-18-36(21-48-36)19-31(50-30)16-35(47)43-20-28-10-12-33(42)32(15-28)38(39,40)41/h8-15,22,24-26,29-31H,16-21,42H2,1-7H3,(H,43,47)(H,44,46)/b11-8+,13-9-,23-14+/t24-,25+,26+,29+,30+,31+,36+,37?/m0/s1. The van der Waals surface area contributed by atoms with E-state index in [1.165, 1.54) is 31.2 Å². The van der Waals surface area contributed by atoms with Crippen molar-refractivity contribution >= 4 is 23.5 Å². The van der Waals surface area contributed by atoms with Crippen molar-refractivity contribution in [3.8, 4) is 0 Å². The summed E-state index contributed by atoms with van der Waals surface area (Å²) in [5, 5.41) is 5.63. The second kappa shape index (κ2) is 16.3. The van der Waals surface area contributed by atoms with E-state index in [1.807, 2.05) is 32.9 Å². The summed E-state index contributed by atoms with van der Waals surface area (Å²) in [6, 6.07) is 3.34. The van der Waals surface area contributed by atoms with Crippen LogP contribution in [-0.2, 0) is 46.1 Å². The Morgan fingerprint density at radius 1 is 1.08 bits per heavy atom. The Kier molecular flexibility index (Phi) is 12.8. The van der Waals surface area contributed by atoms with Crippen LogP contribution in [-0.4, -0.2) is 66.1 Å². The highest BCUT2D eigenvalue weighted by Gasteiger charge is 2.57. The number of hydrogen-bond acceptors (Lipinski definition) is 8. The van der Waals surface area contributed by atoms with Gasteiger partial charge in [0.2, 0.25) is 11.8 Å². The Labute approximate surface area is 298 Å². The van der Waals surface area contributed by atoms with E-state index >= 15 is 0 Å². The average Bonchev–Trinajstić information content (AvgIpc) is 3.94. The molecule has 1 spiro atoms. The predicted octanol–water partition coefficient (Wildman–Crippen LogP) is 5.95. The van der Waals surface area contributed by atoms with Gasteiger partial charge < -0.3 is 35.3 Å². The first-order valence-corrected chi connectivity index (χ1v) is 17.5. The van der Waals surface area contributed by atoms with Crippen LogP contribution >= 0.6 is 0 Å². The molecule has 2 aliphatic heterocycles. The summed E-state index contributed by atoms with van der Waals surface area (Å²) in [4.78, 5) is 36.3. The average molecular weight is 720 g/mol. The number of carbonyl (C=O) groups is 3. The van der Waals surface area contributed by atoms with Crippen LogP contribution in [0.5, 0.6) is 0 Å². The van der Waals surface area contributed by atoms with E-state index in [9.17, 15) is 27.6 Å². The molecule has 1 aliphatic carbocycles. The van der Waals surface area contributed by atoms with Crippen molar-refractivity contribution in [2.75, 3.05) is 12.3 Å². The van der Waals surface area contributed by atoms with Gasteiger partial charge in [0.05, 0.1) is 54.1 Å². The zero-order chi connectivity index (χ0) is 37.7. The third kappa shape index (κ3) is 11.4. The second-order valence-electron chi connectivity index (χ2n) is 14.6. The Bertz CT molecular complexity index is 1520. The number of ether oxygens (including phenoxy) is 4. The molecule has 282 valence electrons. The third-order valence-corrected chi connectivity index (χ3v) is 9.79. The molecule has 13 heteroatoms. The molecule has 4 N–H and O–H groups in total. The normalized spacial score (nSPS) is 28.1. The van der Waals surface area contributed by atoms with Gasteiger partial charge in [-0.1, -0.05) is 43.7 Å². The van der Waals surface area contributed by atoms with Gasteiger partial charge in [-0.2, -0.15) is 13.2 Å². The van der Waals surface area contributed by atoms with E-state index in [0.717, 1.165) is 18.1 Å². The Hall–Kier alpha value is -3.68. The predicted molar refractivity (Wildman–Crippen MR) is 186 cm³/mol. The van der Waals surface area contributed by atoms with Gasteiger partial charge in [-0.3, -0.25) is 14.4 Å². The zero-order valence-corrected chi connectivity index (χ0v) is 30.5. The minimum atomic E-state index is -4.58. The molecular weight excluding hydrogens is 667 g/mol. The zero-order valence-electron chi connectivity index (χ0n) is 30.5. The van der Waals surface area contributed by atoms with Crippen LogP contribution in [0.2, 0.25) is 0 Å². The monoisotopic (exact) mass is 719 g/mol. The third-order valence-electron chi connectivity index (χ3n) is 9.79. The lowest BCUT2D eigenvalue weighted by atomic mass is 9.90. The van der Waals surface area contributed by atoms with E-state index in [1.54, 1.807) is 6.92 Å². The fraction of sp³-hybridized carbons (Fsp3) is 0.605. The molecule has 1 aromatic carbocycles. The maximum absolute atomic E-state index is 13.2. The van der Waals surface area contributed by atoms with Crippen molar-refractivity contribution in [2.45, 2.75) is 129 Å². The first kappa shape index (κ1) is 40.1. The number of amides is 2. The molecule has 0 aromatic heterocycles. The maximum Gasteiger partial charge on any atom is 0.418 e. The number of rotatable bonds is 15. The number of allylic oxidation sites excluding steroid dienone is 2. The van der Waals surface area contributed by atoms with Crippen LogP contribution in [0.3, 0.4) is 0 Å². The van der Waals surface area contributed by atoms with Crippen LogP contribution in [0.1, 0.15) is 85.3 Å². The summed E-state index contributed by atoms with van der Waals surface area (Å²) >= 11 is 0. The lowest BCUT2D eigenvalue weighted by molar-refractivity contribution is -0.143. The summed E-state index contributed by atoms with van der Waals surface area (Å²) in [6.45, 7) is 13.6. The van der Waals surface area contributed by atoms with Crippen molar-refractivity contribution in [1.82, 2.24) is 10.6 Å². The molecule has 3 fully saturated rings. The number of hydrogen-bond donors (Lipinski definition) is 3. The molecule has 10 nitrogen and oxygen atoms in total. The van der Waals surface area contributed by atoms with Gasteiger partial charge in [-0.15, -0.1) is 0 Å². The van der Waals surface area contributed by atoms with Crippen LogP contribution in [0.4, 0.5) is 18.9 Å². The molecule has 1 saturated carbocycles. The van der Waals surface area contributed by atoms with Crippen molar-refractivity contribution in [3.05, 3.63) is 65.3 Å².